The Morgan fingerprint density at radius 3 is 2.62 bits per heavy atom. The molecule has 2 aromatic carbocycles. The number of methoxy groups -OCH3 is 1. The van der Waals surface area contributed by atoms with Crippen LogP contribution in [0, 0.1) is 10.1 Å². The van der Waals surface area contributed by atoms with E-state index in [1.165, 1.54) is 36.3 Å². The Morgan fingerprint density at radius 2 is 1.88 bits per heavy atom. The molecule has 0 saturated heterocycles. The number of carbonyl (C=O) groups excluding carboxylic acids is 1. The molecule has 34 heavy (non-hydrogen) atoms. The van der Waals surface area contributed by atoms with Gasteiger partial charge in [-0.2, -0.15) is 0 Å². The van der Waals surface area contributed by atoms with Gasteiger partial charge in [-0.25, -0.2) is 9.78 Å². The van der Waals surface area contributed by atoms with Crippen molar-refractivity contribution in [2.24, 2.45) is 0 Å². The summed E-state index contributed by atoms with van der Waals surface area (Å²) in [5.41, 5.74) is 1.61. The van der Waals surface area contributed by atoms with Gasteiger partial charge in [0.2, 0.25) is 0 Å². The summed E-state index contributed by atoms with van der Waals surface area (Å²) >= 11 is 1.57. The number of hydrogen-bond donors (Lipinski definition) is 1. The van der Waals surface area contributed by atoms with Gasteiger partial charge in [-0.1, -0.05) is 0 Å². The normalized spacial score (nSPS) is 12.9. The van der Waals surface area contributed by atoms with Gasteiger partial charge in [0.15, 0.2) is 11.5 Å². The predicted octanol–water partition coefficient (Wildman–Crippen LogP) is 4.67. The molecule has 9 nitrogen and oxygen atoms in total. The number of nitro groups is 1. The average Bonchev–Trinajstić information content (AvgIpc) is 3.23. The van der Waals surface area contributed by atoms with Crippen molar-refractivity contribution >= 4 is 33.2 Å². The number of rotatable bonds is 5. The number of fused-ring (bicyclic) bond motifs is 3. The van der Waals surface area contributed by atoms with Gasteiger partial charge >= 0.3 is 5.97 Å². The van der Waals surface area contributed by atoms with Crippen molar-refractivity contribution in [1.82, 2.24) is 9.97 Å². The van der Waals surface area contributed by atoms with Crippen molar-refractivity contribution < 1.29 is 19.2 Å². The molecule has 0 aliphatic heterocycles. The molecule has 172 valence electrons. The summed E-state index contributed by atoms with van der Waals surface area (Å²) in [6.07, 6.45) is 4.09. The number of hydrogen-bond acceptors (Lipinski definition) is 8. The molecule has 2 heterocycles. The maximum Gasteiger partial charge on any atom is 0.343 e. The number of esters is 1. The first-order chi connectivity index (χ1) is 16.4. The topological polar surface area (TPSA) is 124 Å². The first-order valence-corrected chi connectivity index (χ1v) is 11.5. The van der Waals surface area contributed by atoms with Gasteiger partial charge in [0.25, 0.3) is 11.2 Å². The Bertz CT molecular complexity index is 1490. The van der Waals surface area contributed by atoms with Gasteiger partial charge in [0, 0.05) is 22.6 Å². The number of aromatic amines is 1. The summed E-state index contributed by atoms with van der Waals surface area (Å²) in [5.74, 6) is 0.173. The third kappa shape index (κ3) is 3.92. The Morgan fingerprint density at radius 1 is 1.12 bits per heavy atom. The lowest BCUT2D eigenvalue weighted by molar-refractivity contribution is -0.384. The van der Waals surface area contributed by atoms with Crippen molar-refractivity contribution in [2.75, 3.05) is 7.11 Å². The molecule has 0 atom stereocenters. The lowest BCUT2D eigenvalue weighted by atomic mass is 9.97. The molecule has 0 fully saturated rings. The van der Waals surface area contributed by atoms with E-state index < -0.39 is 10.9 Å². The number of benzene rings is 2. The lowest BCUT2D eigenvalue weighted by Crippen LogP contribution is -2.11. The molecular formula is C24H19N3O6S. The summed E-state index contributed by atoms with van der Waals surface area (Å²) in [5, 5.41) is 11.5. The van der Waals surface area contributed by atoms with Crippen LogP contribution in [0.3, 0.4) is 0 Å². The summed E-state index contributed by atoms with van der Waals surface area (Å²) in [6, 6.07) is 9.99. The SMILES string of the molecule is COc1cc(-c2nc3sc4c(c3c(=O)[nH]2)CCCC4)ccc1OC(=O)c1ccc([N+](=O)[O-])cc1. The predicted molar refractivity (Wildman–Crippen MR) is 127 cm³/mol. The number of ether oxygens (including phenoxy) is 2. The van der Waals surface area contributed by atoms with Crippen LogP contribution in [0.4, 0.5) is 5.69 Å². The second-order valence-corrected chi connectivity index (χ2v) is 8.95. The summed E-state index contributed by atoms with van der Waals surface area (Å²) in [6.45, 7) is 0. The zero-order valence-electron chi connectivity index (χ0n) is 18.1. The van der Waals surface area contributed by atoms with Gasteiger partial charge < -0.3 is 14.5 Å². The van der Waals surface area contributed by atoms with E-state index in [0.717, 1.165) is 36.1 Å². The highest BCUT2D eigenvalue weighted by molar-refractivity contribution is 7.18. The maximum absolute atomic E-state index is 12.9. The van der Waals surface area contributed by atoms with Crippen LogP contribution >= 0.6 is 11.3 Å². The van der Waals surface area contributed by atoms with Crippen LogP contribution in [0.1, 0.15) is 33.6 Å². The molecule has 1 aliphatic carbocycles. The fraction of sp³-hybridized carbons (Fsp3) is 0.208. The van der Waals surface area contributed by atoms with Crippen molar-refractivity contribution in [3.8, 4) is 22.9 Å². The quantitative estimate of drug-likeness (QED) is 0.192. The van der Waals surface area contributed by atoms with E-state index in [9.17, 15) is 19.7 Å². The molecule has 5 rings (SSSR count). The third-order valence-corrected chi connectivity index (χ3v) is 6.96. The van der Waals surface area contributed by atoms with Crippen molar-refractivity contribution in [1.29, 1.82) is 0 Å². The Balaban J connectivity index is 1.44. The van der Waals surface area contributed by atoms with Crippen LogP contribution in [-0.2, 0) is 12.8 Å². The van der Waals surface area contributed by atoms with Gasteiger partial charge in [-0.15, -0.1) is 11.3 Å². The van der Waals surface area contributed by atoms with E-state index in [2.05, 4.69) is 4.98 Å². The number of nitrogens with zero attached hydrogens (tertiary/aromatic N) is 2. The maximum atomic E-state index is 12.9. The average molecular weight is 477 g/mol. The lowest BCUT2D eigenvalue weighted by Gasteiger charge is -2.11. The number of non-ortho nitro benzene ring substituents is 1. The van der Waals surface area contributed by atoms with Gasteiger partial charge in [-0.05, 0) is 61.6 Å². The molecule has 0 bridgehead atoms. The number of aryl methyl sites for hydroxylation is 2. The number of nitrogens with one attached hydrogen (secondary N) is 1. The highest BCUT2D eigenvalue weighted by Crippen LogP contribution is 2.36. The largest absolute Gasteiger partial charge is 0.493 e. The zero-order chi connectivity index (χ0) is 23.8. The number of H-pyrrole nitrogens is 1. The molecule has 0 saturated carbocycles. The molecule has 10 heteroatoms. The van der Waals surface area contributed by atoms with Gasteiger partial charge in [0.1, 0.15) is 10.7 Å². The highest BCUT2D eigenvalue weighted by atomic mass is 32.1. The Labute approximate surface area is 197 Å². The number of nitro benzene ring substituents is 1. The molecule has 1 aliphatic rings. The zero-order valence-corrected chi connectivity index (χ0v) is 18.9. The fourth-order valence-corrected chi connectivity index (χ4v) is 5.34. The van der Waals surface area contributed by atoms with Crippen molar-refractivity contribution in [3.63, 3.8) is 0 Å². The number of thiophene rings is 1. The van der Waals surface area contributed by atoms with E-state index in [1.807, 2.05) is 0 Å². The van der Waals surface area contributed by atoms with Crippen LogP contribution in [0.2, 0.25) is 0 Å². The summed E-state index contributed by atoms with van der Waals surface area (Å²) in [7, 11) is 1.44. The third-order valence-electron chi connectivity index (χ3n) is 5.78. The van der Waals surface area contributed by atoms with Crippen LogP contribution in [0.15, 0.2) is 47.3 Å². The molecular weight excluding hydrogens is 458 g/mol. The first-order valence-electron chi connectivity index (χ1n) is 10.6. The minimum Gasteiger partial charge on any atom is -0.493 e. The summed E-state index contributed by atoms with van der Waals surface area (Å²) in [4.78, 5) is 45.1. The Kier molecular flexibility index (Phi) is 5.58. The monoisotopic (exact) mass is 477 g/mol. The molecule has 0 amide bonds. The van der Waals surface area contributed by atoms with E-state index in [4.69, 9.17) is 14.5 Å². The number of carbonyl (C=O) groups is 1. The van der Waals surface area contributed by atoms with Crippen LogP contribution in [0.5, 0.6) is 11.5 Å². The van der Waals surface area contributed by atoms with Crippen LogP contribution in [-0.4, -0.2) is 28.0 Å². The highest BCUT2D eigenvalue weighted by Gasteiger charge is 2.21. The van der Waals surface area contributed by atoms with E-state index in [-0.39, 0.29) is 28.3 Å². The molecule has 4 aromatic rings. The summed E-state index contributed by atoms with van der Waals surface area (Å²) < 4.78 is 10.8. The Hall–Kier alpha value is -4.05. The van der Waals surface area contributed by atoms with E-state index in [1.54, 1.807) is 29.5 Å². The van der Waals surface area contributed by atoms with Crippen LogP contribution < -0.4 is 15.0 Å². The van der Waals surface area contributed by atoms with E-state index in [0.29, 0.717) is 16.8 Å². The van der Waals surface area contributed by atoms with Gasteiger partial charge in [-0.3, -0.25) is 14.9 Å². The smallest absolute Gasteiger partial charge is 0.343 e. The minimum atomic E-state index is -0.682. The first kappa shape index (κ1) is 21.8. The van der Waals surface area contributed by atoms with Crippen molar-refractivity contribution in [3.05, 3.63) is 78.9 Å². The van der Waals surface area contributed by atoms with Crippen LogP contribution in [0.25, 0.3) is 21.6 Å². The minimum absolute atomic E-state index is 0.122. The second-order valence-electron chi connectivity index (χ2n) is 7.86. The standard InChI is InChI=1S/C24H19N3O6S/c1-32-18-12-14(8-11-17(18)33-24(29)13-6-9-15(10-7-13)27(30)31)21-25-22(28)20-16-4-2-3-5-19(16)34-23(20)26-21/h6-12H,2-5H2,1H3,(H,25,26,28). The number of aromatic nitrogens is 2. The molecule has 0 unspecified atom stereocenters. The van der Waals surface area contributed by atoms with E-state index >= 15 is 0 Å². The molecule has 2 aromatic heterocycles. The fourth-order valence-electron chi connectivity index (χ4n) is 4.08. The second kappa shape index (κ2) is 8.71. The van der Waals surface area contributed by atoms with Gasteiger partial charge in [0.05, 0.1) is 23.0 Å². The van der Waals surface area contributed by atoms with Crippen molar-refractivity contribution in [2.45, 2.75) is 25.7 Å². The molecule has 0 spiro atoms. The molecule has 1 N–H and O–H groups in total. The molecule has 0 radical (unpaired) electrons.